The van der Waals surface area contributed by atoms with Gasteiger partial charge in [-0.3, -0.25) is 4.79 Å². The molecule has 134 valence electrons. The molecule has 1 saturated carbocycles. The van der Waals surface area contributed by atoms with E-state index < -0.39 is 48.4 Å². The van der Waals surface area contributed by atoms with Crippen LogP contribution in [0.15, 0.2) is 0 Å². The lowest BCUT2D eigenvalue weighted by atomic mass is 9.94. The third-order valence-corrected chi connectivity index (χ3v) is 5.55. The first-order valence-corrected chi connectivity index (χ1v) is 8.95. The van der Waals surface area contributed by atoms with Crippen LogP contribution in [0.1, 0.15) is 52.4 Å². The van der Waals surface area contributed by atoms with Gasteiger partial charge in [-0.1, -0.05) is 20.3 Å². The average molecular weight is 340 g/mol. The van der Waals surface area contributed by atoms with Crippen LogP contribution in [0.4, 0.5) is 0 Å². The van der Waals surface area contributed by atoms with Crippen LogP contribution in [0.3, 0.4) is 0 Å². The van der Waals surface area contributed by atoms with Gasteiger partial charge in [0.05, 0.1) is 5.92 Å². The molecule has 4 aliphatic rings. The number of ether oxygens (including phenoxy) is 5. The Kier molecular flexibility index (Phi) is 4.05. The summed E-state index contributed by atoms with van der Waals surface area (Å²) in [5, 5.41) is 0. The zero-order valence-electron chi connectivity index (χ0n) is 14.1. The molecule has 4 unspecified atom stereocenters. The Labute approximate surface area is 140 Å². The standard InChI is InChI=1S/C17H24O7/c1-3-9(2)14(18)21-12-10-11(20-15(12)19)13-16(22-10)24-17(23-13)7-5-4-6-8-17/h9-13,16H,3-8H2,1-2H3/t9?,10?,11?,12?,13-,16-/m1/s1. The Morgan fingerprint density at radius 2 is 1.96 bits per heavy atom. The zero-order chi connectivity index (χ0) is 16.9. The molecule has 6 atom stereocenters. The van der Waals surface area contributed by atoms with E-state index in [1.807, 2.05) is 6.92 Å². The predicted octanol–water partition coefficient (Wildman–Crippen LogP) is 1.67. The van der Waals surface area contributed by atoms with Gasteiger partial charge in [-0.15, -0.1) is 0 Å². The number of esters is 2. The van der Waals surface area contributed by atoms with Gasteiger partial charge in [0.2, 0.25) is 6.10 Å². The maximum Gasteiger partial charge on any atom is 0.350 e. The van der Waals surface area contributed by atoms with Crippen molar-refractivity contribution >= 4 is 11.9 Å². The molecule has 7 nitrogen and oxygen atoms in total. The largest absolute Gasteiger partial charge is 0.454 e. The van der Waals surface area contributed by atoms with E-state index in [-0.39, 0.29) is 5.92 Å². The maximum absolute atomic E-state index is 12.1. The van der Waals surface area contributed by atoms with E-state index in [9.17, 15) is 9.59 Å². The number of carbonyl (C=O) groups is 2. The molecule has 0 radical (unpaired) electrons. The molecule has 1 spiro atoms. The number of carbonyl (C=O) groups excluding carboxylic acids is 2. The molecule has 0 bridgehead atoms. The molecule has 0 amide bonds. The van der Waals surface area contributed by atoms with Crippen molar-refractivity contribution in [2.24, 2.45) is 5.92 Å². The molecule has 0 N–H and O–H groups in total. The molecule has 4 fully saturated rings. The molecular weight excluding hydrogens is 316 g/mol. The average Bonchev–Trinajstić information content (AvgIpc) is 3.17. The van der Waals surface area contributed by atoms with Gasteiger partial charge in [-0.05, 0) is 19.3 Å². The van der Waals surface area contributed by atoms with E-state index in [4.69, 9.17) is 23.7 Å². The molecular formula is C17H24O7. The summed E-state index contributed by atoms with van der Waals surface area (Å²) in [6.45, 7) is 3.66. The third-order valence-electron chi connectivity index (χ3n) is 5.55. The van der Waals surface area contributed by atoms with Crippen LogP contribution in [0.25, 0.3) is 0 Å². The Bertz CT molecular complexity index is 527. The molecule has 1 aliphatic carbocycles. The summed E-state index contributed by atoms with van der Waals surface area (Å²) in [4.78, 5) is 24.1. The van der Waals surface area contributed by atoms with Crippen LogP contribution in [0.5, 0.6) is 0 Å². The fourth-order valence-electron chi connectivity index (χ4n) is 3.92. The Morgan fingerprint density at radius 3 is 2.67 bits per heavy atom. The first kappa shape index (κ1) is 16.3. The Morgan fingerprint density at radius 1 is 1.21 bits per heavy atom. The molecule has 7 heteroatoms. The lowest BCUT2D eigenvalue weighted by Gasteiger charge is -2.33. The third kappa shape index (κ3) is 2.53. The fraction of sp³-hybridized carbons (Fsp3) is 0.882. The van der Waals surface area contributed by atoms with E-state index in [0.29, 0.717) is 6.42 Å². The van der Waals surface area contributed by atoms with Crippen LogP contribution < -0.4 is 0 Å². The topological polar surface area (TPSA) is 80.3 Å². The summed E-state index contributed by atoms with van der Waals surface area (Å²) in [5.41, 5.74) is 0. The zero-order valence-corrected chi connectivity index (χ0v) is 14.1. The van der Waals surface area contributed by atoms with Crippen LogP contribution >= 0.6 is 0 Å². The highest BCUT2D eigenvalue weighted by Gasteiger charge is 2.65. The van der Waals surface area contributed by atoms with E-state index in [0.717, 1.165) is 25.7 Å². The summed E-state index contributed by atoms with van der Waals surface area (Å²) in [7, 11) is 0. The minimum Gasteiger partial charge on any atom is -0.454 e. The molecule has 3 saturated heterocycles. The van der Waals surface area contributed by atoms with Crippen LogP contribution in [0.2, 0.25) is 0 Å². The van der Waals surface area contributed by atoms with Crippen LogP contribution in [-0.2, 0) is 33.3 Å². The molecule has 4 rings (SSSR count). The van der Waals surface area contributed by atoms with Gasteiger partial charge < -0.3 is 23.7 Å². The van der Waals surface area contributed by atoms with Gasteiger partial charge >= 0.3 is 11.9 Å². The second-order valence-corrected chi connectivity index (χ2v) is 7.21. The first-order chi connectivity index (χ1) is 11.5. The molecule has 0 aromatic heterocycles. The van der Waals surface area contributed by atoms with E-state index in [1.54, 1.807) is 6.92 Å². The van der Waals surface area contributed by atoms with E-state index in [1.165, 1.54) is 6.42 Å². The molecule has 3 heterocycles. The smallest absolute Gasteiger partial charge is 0.350 e. The van der Waals surface area contributed by atoms with Gasteiger partial charge in [0.15, 0.2) is 24.3 Å². The summed E-state index contributed by atoms with van der Waals surface area (Å²) >= 11 is 0. The van der Waals surface area contributed by atoms with Crippen molar-refractivity contribution in [2.75, 3.05) is 0 Å². The van der Waals surface area contributed by atoms with Crippen molar-refractivity contribution < 1.29 is 33.3 Å². The van der Waals surface area contributed by atoms with Gasteiger partial charge in [0.25, 0.3) is 0 Å². The SMILES string of the molecule is CCC(C)C(=O)OC1C(=O)OC2C1O[C@@H]1OC3(CCCCC3)O[C@H]21. The number of hydrogen-bond donors (Lipinski definition) is 0. The van der Waals surface area contributed by atoms with Crippen LogP contribution in [0, 0.1) is 5.92 Å². The molecule has 0 aromatic carbocycles. The van der Waals surface area contributed by atoms with E-state index >= 15 is 0 Å². The summed E-state index contributed by atoms with van der Waals surface area (Å²) in [6.07, 6.45) is 2.36. The Balaban J connectivity index is 1.44. The number of rotatable bonds is 3. The summed E-state index contributed by atoms with van der Waals surface area (Å²) in [5.74, 6) is -1.84. The van der Waals surface area contributed by atoms with Crippen molar-refractivity contribution in [3.63, 3.8) is 0 Å². The molecule has 0 aromatic rings. The minimum atomic E-state index is -1.03. The fourth-order valence-corrected chi connectivity index (χ4v) is 3.92. The van der Waals surface area contributed by atoms with E-state index in [2.05, 4.69) is 0 Å². The first-order valence-electron chi connectivity index (χ1n) is 8.95. The highest BCUT2D eigenvalue weighted by molar-refractivity contribution is 5.82. The van der Waals surface area contributed by atoms with Crippen molar-refractivity contribution in [3.8, 4) is 0 Å². The maximum atomic E-state index is 12.1. The Hall–Kier alpha value is -1.18. The lowest BCUT2D eigenvalue weighted by Crippen LogP contribution is -2.40. The van der Waals surface area contributed by atoms with Crippen molar-refractivity contribution in [3.05, 3.63) is 0 Å². The van der Waals surface area contributed by atoms with Crippen molar-refractivity contribution in [1.82, 2.24) is 0 Å². The highest BCUT2D eigenvalue weighted by Crippen LogP contribution is 2.48. The predicted molar refractivity (Wildman–Crippen MR) is 79.7 cm³/mol. The van der Waals surface area contributed by atoms with Crippen molar-refractivity contribution in [2.45, 2.75) is 88.9 Å². The highest BCUT2D eigenvalue weighted by atomic mass is 16.9. The minimum absolute atomic E-state index is 0.268. The number of fused-ring (bicyclic) bond motifs is 3. The van der Waals surface area contributed by atoms with Gasteiger partial charge in [-0.2, -0.15) is 0 Å². The number of hydrogen-bond acceptors (Lipinski definition) is 7. The molecule has 3 aliphatic heterocycles. The van der Waals surface area contributed by atoms with Gasteiger partial charge in [-0.25, -0.2) is 4.79 Å². The summed E-state index contributed by atoms with van der Waals surface area (Å²) in [6, 6.07) is 0. The normalized spacial score (nSPS) is 40.9. The van der Waals surface area contributed by atoms with Crippen LogP contribution in [-0.4, -0.2) is 48.4 Å². The monoisotopic (exact) mass is 340 g/mol. The van der Waals surface area contributed by atoms with Crippen molar-refractivity contribution in [1.29, 1.82) is 0 Å². The molecule has 24 heavy (non-hydrogen) atoms. The van der Waals surface area contributed by atoms with Gasteiger partial charge in [0, 0.05) is 12.8 Å². The second-order valence-electron chi connectivity index (χ2n) is 7.21. The summed E-state index contributed by atoms with van der Waals surface area (Å²) < 4.78 is 28.8. The second kappa shape index (κ2) is 5.97. The quantitative estimate of drug-likeness (QED) is 0.723. The lowest BCUT2D eigenvalue weighted by molar-refractivity contribution is -0.246. The van der Waals surface area contributed by atoms with Gasteiger partial charge in [0.1, 0.15) is 6.10 Å².